The third-order valence-electron chi connectivity index (χ3n) is 3.17. The van der Waals surface area contributed by atoms with Crippen LogP contribution < -0.4 is 5.73 Å². The van der Waals surface area contributed by atoms with E-state index in [1.807, 2.05) is 23.6 Å². The van der Waals surface area contributed by atoms with Crippen molar-refractivity contribution in [2.75, 3.05) is 24.6 Å². The number of carbonyl (C=O) groups excluding carboxylic acids is 1. The van der Waals surface area contributed by atoms with Gasteiger partial charge in [0.05, 0.1) is 12.1 Å². The lowest BCUT2D eigenvalue weighted by Crippen LogP contribution is -2.44. The highest BCUT2D eigenvalue weighted by atomic mass is 32.2. The number of halogens is 1. The molecule has 106 valence electrons. The molecule has 0 saturated carbocycles. The Bertz CT molecular complexity index is 565. The second kappa shape index (κ2) is 6.78. The van der Waals surface area contributed by atoms with Gasteiger partial charge in [-0.2, -0.15) is 11.8 Å². The van der Waals surface area contributed by atoms with Gasteiger partial charge in [0.25, 0.3) is 5.91 Å². The molecule has 1 heterocycles. The summed E-state index contributed by atoms with van der Waals surface area (Å²) in [6, 6.07) is 4.28. The summed E-state index contributed by atoms with van der Waals surface area (Å²) in [4.78, 5) is 14.4. The molecular formula is C15H17FN2OS. The fourth-order valence-electron chi connectivity index (χ4n) is 2.14. The lowest BCUT2D eigenvalue weighted by atomic mass is 10.1. The number of benzene rings is 1. The Kier molecular flexibility index (Phi) is 5.05. The van der Waals surface area contributed by atoms with Gasteiger partial charge in [-0.25, -0.2) is 4.39 Å². The maximum Gasteiger partial charge on any atom is 0.255 e. The maximum atomic E-state index is 13.3. The van der Waals surface area contributed by atoms with E-state index >= 15 is 0 Å². The minimum absolute atomic E-state index is 0.0841. The van der Waals surface area contributed by atoms with Crippen LogP contribution in [0.15, 0.2) is 18.2 Å². The van der Waals surface area contributed by atoms with Crippen LogP contribution in [0.25, 0.3) is 0 Å². The molecule has 0 radical (unpaired) electrons. The largest absolute Gasteiger partial charge is 0.334 e. The van der Waals surface area contributed by atoms with E-state index in [1.54, 1.807) is 0 Å². The number of nitrogens with two attached hydrogens (primary N) is 1. The van der Waals surface area contributed by atoms with Crippen molar-refractivity contribution in [2.45, 2.75) is 13.0 Å². The molecule has 20 heavy (non-hydrogen) atoms. The van der Waals surface area contributed by atoms with Crippen molar-refractivity contribution in [1.29, 1.82) is 0 Å². The number of hydrogen-bond acceptors (Lipinski definition) is 3. The van der Waals surface area contributed by atoms with Crippen LogP contribution in [0.4, 0.5) is 4.39 Å². The molecule has 1 aromatic carbocycles. The Hall–Kier alpha value is -1.51. The highest BCUT2D eigenvalue weighted by Crippen LogP contribution is 2.20. The van der Waals surface area contributed by atoms with Crippen molar-refractivity contribution in [3.05, 3.63) is 35.1 Å². The number of hydrogen-bond donors (Lipinski definition) is 1. The van der Waals surface area contributed by atoms with Crippen molar-refractivity contribution in [1.82, 2.24) is 4.90 Å². The van der Waals surface area contributed by atoms with Crippen LogP contribution in [-0.4, -0.2) is 41.4 Å². The first-order valence-electron chi connectivity index (χ1n) is 6.50. The van der Waals surface area contributed by atoms with Crippen molar-refractivity contribution in [3.8, 4) is 11.8 Å². The Morgan fingerprint density at radius 3 is 3.10 bits per heavy atom. The predicted molar refractivity (Wildman–Crippen MR) is 80.2 cm³/mol. The van der Waals surface area contributed by atoms with E-state index < -0.39 is 5.82 Å². The quantitative estimate of drug-likeness (QED) is 0.802. The molecule has 1 aromatic rings. The van der Waals surface area contributed by atoms with Crippen LogP contribution in [0.1, 0.15) is 22.8 Å². The zero-order valence-electron chi connectivity index (χ0n) is 11.4. The molecule has 1 fully saturated rings. The molecule has 2 rings (SSSR count). The van der Waals surface area contributed by atoms with Crippen molar-refractivity contribution in [3.63, 3.8) is 0 Å². The summed E-state index contributed by atoms with van der Waals surface area (Å²) in [5.41, 5.74) is 6.20. The zero-order chi connectivity index (χ0) is 14.5. The van der Waals surface area contributed by atoms with Gasteiger partial charge in [0.15, 0.2) is 0 Å². The number of thioether (sulfide) groups is 1. The van der Waals surface area contributed by atoms with E-state index in [0.717, 1.165) is 11.5 Å². The average Bonchev–Trinajstić information content (AvgIpc) is 2.45. The van der Waals surface area contributed by atoms with Gasteiger partial charge in [0.1, 0.15) is 5.82 Å². The normalized spacial score (nSPS) is 18.4. The summed E-state index contributed by atoms with van der Waals surface area (Å²) in [7, 11) is 0. The highest BCUT2D eigenvalue weighted by Gasteiger charge is 2.25. The molecule has 0 aliphatic carbocycles. The van der Waals surface area contributed by atoms with Gasteiger partial charge in [-0.05, 0) is 25.1 Å². The predicted octanol–water partition coefficient (Wildman–Crippen LogP) is 1.71. The second-order valence-corrected chi connectivity index (χ2v) is 5.77. The van der Waals surface area contributed by atoms with Crippen LogP contribution in [0.3, 0.4) is 0 Å². The van der Waals surface area contributed by atoms with Gasteiger partial charge >= 0.3 is 0 Å². The van der Waals surface area contributed by atoms with E-state index in [4.69, 9.17) is 5.73 Å². The molecule has 1 aliphatic heterocycles. The number of rotatable bonds is 1. The first-order valence-corrected chi connectivity index (χ1v) is 7.66. The summed E-state index contributed by atoms with van der Waals surface area (Å²) < 4.78 is 13.3. The Labute approximate surface area is 122 Å². The van der Waals surface area contributed by atoms with Crippen LogP contribution in [-0.2, 0) is 0 Å². The fraction of sp³-hybridized carbons (Fsp3) is 0.400. The van der Waals surface area contributed by atoms with Gasteiger partial charge in [0, 0.05) is 29.7 Å². The molecule has 1 unspecified atom stereocenters. The summed E-state index contributed by atoms with van der Waals surface area (Å²) >= 11 is 1.84. The SMILES string of the molecule is CC1CSCCN1C(=O)c1ccc(F)cc1C#CCN. The van der Waals surface area contributed by atoms with Gasteiger partial charge in [0.2, 0.25) is 0 Å². The standard InChI is InChI=1S/C15H17FN2OS/c1-11-10-20-8-7-18(11)15(19)14-5-4-13(16)9-12(14)3-2-6-17/h4-5,9,11H,6-8,10,17H2,1H3. The van der Waals surface area contributed by atoms with Crippen molar-refractivity contribution in [2.24, 2.45) is 5.73 Å². The monoisotopic (exact) mass is 292 g/mol. The summed E-state index contributed by atoms with van der Waals surface area (Å²) in [5, 5.41) is 0. The van der Waals surface area contributed by atoms with Gasteiger partial charge in [-0.15, -0.1) is 0 Å². The number of nitrogens with zero attached hydrogens (tertiary/aromatic N) is 1. The maximum absolute atomic E-state index is 13.3. The van der Waals surface area contributed by atoms with Gasteiger partial charge in [-0.1, -0.05) is 11.8 Å². The van der Waals surface area contributed by atoms with Crippen LogP contribution >= 0.6 is 11.8 Å². The topological polar surface area (TPSA) is 46.3 Å². The molecule has 0 bridgehead atoms. The minimum Gasteiger partial charge on any atom is -0.334 e. The number of carbonyl (C=O) groups is 1. The first-order chi connectivity index (χ1) is 9.63. The average molecular weight is 292 g/mol. The molecule has 5 heteroatoms. The van der Waals surface area contributed by atoms with Crippen LogP contribution in [0.5, 0.6) is 0 Å². The van der Waals surface area contributed by atoms with E-state index in [-0.39, 0.29) is 18.5 Å². The fourth-order valence-corrected chi connectivity index (χ4v) is 3.15. The molecule has 0 aromatic heterocycles. The number of amides is 1. The third kappa shape index (κ3) is 3.33. The molecule has 1 saturated heterocycles. The molecule has 3 nitrogen and oxygen atoms in total. The molecule has 1 aliphatic rings. The molecule has 0 spiro atoms. The third-order valence-corrected chi connectivity index (χ3v) is 4.36. The van der Waals surface area contributed by atoms with Crippen molar-refractivity contribution >= 4 is 17.7 Å². The van der Waals surface area contributed by atoms with E-state index in [1.165, 1.54) is 18.2 Å². The Morgan fingerprint density at radius 2 is 2.40 bits per heavy atom. The molecule has 1 amide bonds. The highest BCUT2D eigenvalue weighted by molar-refractivity contribution is 7.99. The molecule has 2 N–H and O–H groups in total. The second-order valence-electron chi connectivity index (χ2n) is 4.62. The summed E-state index contributed by atoms with van der Waals surface area (Å²) in [5.74, 6) is 6.84. The summed E-state index contributed by atoms with van der Waals surface area (Å²) in [6.07, 6.45) is 0. The van der Waals surface area contributed by atoms with E-state index in [9.17, 15) is 9.18 Å². The van der Waals surface area contributed by atoms with E-state index in [2.05, 4.69) is 11.8 Å². The lowest BCUT2D eigenvalue weighted by molar-refractivity contribution is 0.0715. The lowest BCUT2D eigenvalue weighted by Gasteiger charge is -2.33. The molecular weight excluding hydrogens is 275 g/mol. The van der Waals surface area contributed by atoms with E-state index in [0.29, 0.717) is 17.7 Å². The summed E-state index contributed by atoms with van der Waals surface area (Å²) in [6.45, 7) is 2.92. The van der Waals surface area contributed by atoms with Crippen LogP contribution in [0.2, 0.25) is 0 Å². The van der Waals surface area contributed by atoms with Gasteiger partial charge in [-0.3, -0.25) is 4.79 Å². The molecule has 1 atom stereocenters. The first kappa shape index (κ1) is 14.9. The minimum atomic E-state index is -0.398. The Morgan fingerprint density at radius 1 is 1.60 bits per heavy atom. The van der Waals surface area contributed by atoms with Crippen LogP contribution in [0, 0.1) is 17.7 Å². The smallest absolute Gasteiger partial charge is 0.255 e. The Balaban J connectivity index is 2.33. The van der Waals surface area contributed by atoms with Gasteiger partial charge < -0.3 is 10.6 Å². The van der Waals surface area contributed by atoms with Crippen molar-refractivity contribution < 1.29 is 9.18 Å². The zero-order valence-corrected chi connectivity index (χ0v) is 12.2.